The molecule has 0 radical (unpaired) electrons. The van der Waals surface area contributed by atoms with Crippen molar-refractivity contribution in [2.24, 2.45) is 16.6 Å². The molecule has 0 unspecified atom stereocenters. The third-order valence-corrected chi connectivity index (χ3v) is 2.05. The summed E-state index contributed by atoms with van der Waals surface area (Å²) >= 11 is 0. The van der Waals surface area contributed by atoms with Crippen molar-refractivity contribution < 1.29 is 5.11 Å². The summed E-state index contributed by atoms with van der Waals surface area (Å²) in [4.78, 5) is 4.17. The lowest BCUT2D eigenvalue weighted by Crippen LogP contribution is -2.41. The van der Waals surface area contributed by atoms with Crippen LogP contribution in [0, 0.1) is 5.92 Å². The third kappa shape index (κ3) is 6.71. The summed E-state index contributed by atoms with van der Waals surface area (Å²) < 4.78 is 0. The lowest BCUT2D eigenvalue weighted by atomic mass is 10.1. The first kappa shape index (κ1) is 13.2. The van der Waals surface area contributed by atoms with Gasteiger partial charge in [-0.1, -0.05) is 20.8 Å². The Kier molecular flexibility index (Phi) is 7.20. The zero-order valence-electron chi connectivity index (χ0n) is 9.45. The van der Waals surface area contributed by atoms with Crippen LogP contribution in [0.15, 0.2) is 4.99 Å². The number of aliphatic imine (C=N–C) groups is 1. The van der Waals surface area contributed by atoms with Crippen molar-refractivity contribution in [2.45, 2.75) is 39.7 Å². The Balaban J connectivity index is 3.75. The highest BCUT2D eigenvalue weighted by atomic mass is 16.3. The number of nitrogens with two attached hydrogens (primary N) is 1. The van der Waals surface area contributed by atoms with Gasteiger partial charge in [0.2, 0.25) is 0 Å². The van der Waals surface area contributed by atoms with E-state index in [1.165, 1.54) is 0 Å². The number of rotatable bonds is 6. The van der Waals surface area contributed by atoms with Gasteiger partial charge < -0.3 is 16.2 Å². The molecule has 14 heavy (non-hydrogen) atoms. The molecule has 0 aliphatic carbocycles. The molecule has 1 atom stereocenters. The predicted molar refractivity (Wildman–Crippen MR) is 60.2 cm³/mol. The first-order chi connectivity index (χ1) is 6.60. The average molecular weight is 201 g/mol. The van der Waals surface area contributed by atoms with Gasteiger partial charge in [-0.25, -0.2) is 0 Å². The van der Waals surface area contributed by atoms with E-state index < -0.39 is 0 Å². The molecule has 0 aromatic carbocycles. The molecule has 4 heteroatoms. The first-order valence-electron chi connectivity index (χ1n) is 5.27. The van der Waals surface area contributed by atoms with E-state index >= 15 is 0 Å². The zero-order chi connectivity index (χ0) is 11.0. The predicted octanol–water partition coefficient (Wildman–Crippen LogP) is 0.708. The van der Waals surface area contributed by atoms with Crippen molar-refractivity contribution in [1.29, 1.82) is 0 Å². The van der Waals surface area contributed by atoms with E-state index in [1.807, 2.05) is 6.92 Å². The second-order valence-electron chi connectivity index (χ2n) is 3.88. The molecule has 0 bridgehead atoms. The van der Waals surface area contributed by atoms with E-state index in [0.29, 0.717) is 11.9 Å². The van der Waals surface area contributed by atoms with E-state index in [1.54, 1.807) is 0 Å². The quantitative estimate of drug-likeness (QED) is 0.438. The highest BCUT2D eigenvalue weighted by Gasteiger charge is 2.03. The molecule has 0 aliphatic rings. The summed E-state index contributed by atoms with van der Waals surface area (Å²) in [6.07, 6.45) is 1.88. The average Bonchev–Trinajstić information content (AvgIpc) is 2.13. The number of hydrogen-bond donors (Lipinski definition) is 3. The maximum atomic E-state index is 8.92. The molecule has 0 saturated heterocycles. The standard InChI is InChI=1S/C10H23N3O/c1-4-9(7-14)13-10(11)12-6-5-8(2)3/h8-9,14H,4-7H2,1-3H3,(H3,11,12,13)/t9-/m1/s1. The van der Waals surface area contributed by atoms with Crippen LogP contribution in [0.5, 0.6) is 0 Å². The van der Waals surface area contributed by atoms with Crippen LogP contribution < -0.4 is 11.1 Å². The van der Waals surface area contributed by atoms with Crippen LogP contribution in [0.25, 0.3) is 0 Å². The Morgan fingerprint density at radius 2 is 2.14 bits per heavy atom. The van der Waals surface area contributed by atoms with Crippen LogP contribution >= 0.6 is 0 Å². The van der Waals surface area contributed by atoms with Crippen molar-refractivity contribution in [3.63, 3.8) is 0 Å². The lowest BCUT2D eigenvalue weighted by molar-refractivity contribution is 0.252. The fourth-order valence-corrected chi connectivity index (χ4v) is 0.975. The van der Waals surface area contributed by atoms with Gasteiger partial charge in [0.1, 0.15) is 0 Å². The highest BCUT2D eigenvalue weighted by Crippen LogP contribution is 1.98. The Hall–Kier alpha value is -0.770. The van der Waals surface area contributed by atoms with Gasteiger partial charge in [0.25, 0.3) is 0 Å². The van der Waals surface area contributed by atoms with Crippen molar-refractivity contribution in [1.82, 2.24) is 5.32 Å². The first-order valence-corrected chi connectivity index (χ1v) is 5.27. The van der Waals surface area contributed by atoms with Crippen LogP contribution in [0.2, 0.25) is 0 Å². The normalized spacial score (nSPS) is 14.5. The van der Waals surface area contributed by atoms with Crippen molar-refractivity contribution in [2.75, 3.05) is 13.2 Å². The minimum Gasteiger partial charge on any atom is -0.394 e. The molecule has 4 N–H and O–H groups in total. The SMILES string of the molecule is CC[C@H](CO)NC(N)=NCCC(C)C. The fourth-order valence-electron chi connectivity index (χ4n) is 0.975. The highest BCUT2D eigenvalue weighted by molar-refractivity contribution is 5.78. The van der Waals surface area contributed by atoms with Crippen LogP contribution in [0.1, 0.15) is 33.6 Å². The second kappa shape index (κ2) is 7.62. The van der Waals surface area contributed by atoms with Gasteiger partial charge in [-0.15, -0.1) is 0 Å². The molecule has 0 saturated carbocycles. The Morgan fingerprint density at radius 1 is 1.50 bits per heavy atom. The van der Waals surface area contributed by atoms with Gasteiger partial charge in [-0.3, -0.25) is 4.99 Å². The van der Waals surface area contributed by atoms with Crippen LogP contribution in [-0.4, -0.2) is 30.3 Å². The third-order valence-electron chi connectivity index (χ3n) is 2.05. The van der Waals surface area contributed by atoms with Gasteiger partial charge in [0, 0.05) is 6.54 Å². The van der Waals surface area contributed by atoms with Gasteiger partial charge in [-0.05, 0) is 18.8 Å². The molecule has 0 fully saturated rings. The van der Waals surface area contributed by atoms with Crippen molar-refractivity contribution in [3.05, 3.63) is 0 Å². The molecular weight excluding hydrogens is 178 g/mol. The molecule has 84 valence electrons. The summed E-state index contributed by atoms with van der Waals surface area (Å²) in [5.41, 5.74) is 5.64. The van der Waals surface area contributed by atoms with E-state index in [2.05, 4.69) is 24.2 Å². The summed E-state index contributed by atoms with van der Waals surface area (Å²) in [7, 11) is 0. The van der Waals surface area contributed by atoms with Gasteiger partial charge in [0.15, 0.2) is 5.96 Å². The van der Waals surface area contributed by atoms with Gasteiger partial charge in [-0.2, -0.15) is 0 Å². The zero-order valence-corrected chi connectivity index (χ0v) is 9.45. The minimum atomic E-state index is 0.0257. The molecule has 0 rings (SSSR count). The van der Waals surface area contributed by atoms with E-state index in [4.69, 9.17) is 10.8 Å². The lowest BCUT2D eigenvalue weighted by Gasteiger charge is -2.14. The molecule has 4 nitrogen and oxygen atoms in total. The molecule has 0 aliphatic heterocycles. The molecular formula is C10H23N3O. The number of nitrogens with one attached hydrogen (secondary N) is 1. The summed E-state index contributed by atoms with van der Waals surface area (Å²) in [6, 6.07) is 0.0257. The largest absolute Gasteiger partial charge is 0.394 e. The Labute approximate surface area is 86.6 Å². The van der Waals surface area contributed by atoms with E-state index in [-0.39, 0.29) is 12.6 Å². The Morgan fingerprint density at radius 3 is 2.57 bits per heavy atom. The second-order valence-corrected chi connectivity index (χ2v) is 3.88. The van der Waals surface area contributed by atoms with Crippen molar-refractivity contribution >= 4 is 5.96 Å². The fraction of sp³-hybridized carbons (Fsp3) is 0.900. The van der Waals surface area contributed by atoms with Crippen LogP contribution in [-0.2, 0) is 0 Å². The van der Waals surface area contributed by atoms with Crippen LogP contribution in [0.4, 0.5) is 0 Å². The smallest absolute Gasteiger partial charge is 0.188 e. The number of aliphatic hydroxyl groups excluding tert-OH is 1. The number of guanidine groups is 1. The number of aliphatic hydroxyl groups is 1. The molecule has 0 heterocycles. The topological polar surface area (TPSA) is 70.6 Å². The summed E-state index contributed by atoms with van der Waals surface area (Å²) in [6.45, 7) is 7.15. The van der Waals surface area contributed by atoms with Crippen LogP contribution in [0.3, 0.4) is 0 Å². The monoisotopic (exact) mass is 201 g/mol. The van der Waals surface area contributed by atoms with E-state index in [0.717, 1.165) is 19.4 Å². The molecule has 0 spiro atoms. The maximum absolute atomic E-state index is 8.92. The van der Waals surface area contributed by atoms with Gasteiger partial charge in [0.05, 0.1) is 12.6 Å². The maximum Gasteiger partial charge on any atom is 0.188 e. The summed E-state index contributed by atoms with van der Waals surface area (Å²) in [5, 5.41) is 11.9. The van der Waals surface area contributed by atoms with E-state index in [9.17, 15) is 0 Å². The summed E-state index contributed by atoms with van der Waals surface area (Å²) in [5.74, 6) is 1.08. The Bertz CT molecular complexity index is 165. The minimum absolute atomic E-state index is 0.0257. The number of hydrogen-bond acceptors (Lipinski definition) is 2. The molecule has 0 aromatic rings. The molecule has 0 aromatic heterocycles. The van der Waals surface area contributed by atoms with Gasteiger partial charge >= 0.3 is 0 Å². The van der Waals surface area contributed by atoms with Crippen molar-refractivity contribution in [3.8, 4) is 0 Å². The molecule has 0 amide bonds. The number of nitrogens with zero attached hydrogens (tertiary/aromatic N) is 1.